The molecule has 7 nitrogen and oxygen atoms in total. The number of ether oxygens (including phenoxy) is 2. The molecule has 206 valence electrons. The van der Waals surface area contributed by atoms with Gasteiger partial charge in [0.2, 0.25) is 5.69 Å². The second-order valence-electron chi connectivity index (χ2n) is 9.47. The number of likely N-dealkylation sites (N-methyl/N-ethyl adjacent to an activating group) is 1. The molecule has 0 saturated carbocycles. The number of rotatable bonds is 13. The number of benzene rings is 3. The number of ketones is 1. The van der Waals surface area contributed by atoms with Gasteiger partial charge in [-0.2, -0.15) is 0 Å². The maximum Gasteiger partial charge on any atom is 0.229 e. The highest BCUT2D eigenvalue weighted by molar-refractivity contribution is 5.91. The number of halogens is 1. The summed E-state index contributed by atoms with van der Waals surface area (Å²) < 4.78 is 25.0. The predicted octanol–water partition coefficient (Wildman–Crippen LogP) is 6.15. The standard InChI is InChI=1S/C32H32FN3O4/c1-4-36(5-2)20-26(38)21-39-32-19-29-28(18-30(32)34-3)31(14-15-35-29)40-27-12-8-23(9-13-27)17-25(37)16-22-6-10-24(33)11-7-22/h6-15,18-19,26,38H,4-5,16-17,20-21H2,1-2H3/t26-/m1/s1. The van der Waals surface area contributed by atoms with Crippen molar-refractivity contribution in [1.82, 2.24) is 9.88 Å². The van der Waals surface area contributed by atoms with Crippen LogP contribution in [-0.2, 0) is 17.6 Å². The van der Waals surface area contributed by atoms with Crippen LogP contribution in [0.2, 0.25) is 0 Å². The van der Waals surface area contributed by atoms with E-state index in [1.165, 1.54) is 12.1 Å². The molecule has 0 saturated heterocycles. The summed E-state index contributed by atoms with van der Waals surface area (Å²) in [6, 6.07) is 18.3. The van der Waals surface area contributed by atoms with Gasteiger partial charge in [-0.1, -0.05) is 38.1 Å². The van der Waals surface area contributed by atoms with Crippen LogP contribution in [0.1, 0.15) is 25.0 Å². The molecule has 1 aromatic heterocycles. The Morgan fingerprint density at radius 2 is 1.65 bits per heavy atom. The summed E-state index contributed by atoms with van der Waals surface area (Å²) in [5.41, 5.74) is 2.52. The van der Waals surface area contributed by atoms with E-state index >= 15 is 0 Å². The summed E-state index contributed by atoms with van der Waals surface area (Å²) in [6.07, 6.45) is 1.44. The van der Waals surface area contributed by atoms with Gasteiger partial charge >= 0.3 is 0 Å². The molecule has 0 amide bonds. The molecule has 1 heterocycles. The third-order valence-corrected chi connectivity index (χ3v) is 6.56. The van der Waals surface area contributed by atoms with Gasteiger partial charge in [0.1, 0.15) is 41.6 Å². The third-order valence-electron chi connectivity index (χ3n) is 6.56. The fourth-order valence-electron chi connectivity index (χ4n) is 4.37. The van der Waals surface area contributed by atoms with Crippen molar-refractivity contribution in [3.63, 3.8) is 0 Å². The maximum absolute atomic E-state index is 13.1. The van der Waals surface area contributed by atoms with Gasteiger partial charge in [-0.05, 0) is 66.7 Å². The third kappa shape index (κ3) is 7.63. The van der Waals surface area contributed by atoms with Gasteiger partial charge in [0, 0.05) is 31.0 Å². The molecular formula is C32H32FN3O4. The number of aliphatic hydroxyl groups is 1. The zero-order chi connectivity index (χ0) is 28.5. The number of fused-ring (bicyclic) bond motifs is 1. The van der Waals surface area contributed by atoms with Crippen molar-refractivity contribution in [2.45, 2.75) is 32.8 Å². The summed E-state index contributed by atoms with van der Waals surface area (Å²) in [5.74, 6) is 1.18. The Kier molecular flexibility index (Phi) is 9.79. The molecule has 1 N–H and O–H groups in total. The zero-order valence-corrected chi connectivity index (χ0v) is 22.6. The Morgan fingerprint density at radius 1 is 1.00 bits per heavy atom. The fraction of sp³-hybridized carbons (Fsp3) is 0.281. The van der Waals surface area contributed by atoms with Crippen molar-refractivity contribution >= 4 is 22.4 Å². The van der Waals surface area contributed by atoms with Crippen LogP contribution in [0.4, 0.5) is 10.1 Å². The van der Waals surface area contributed by atoms with E-state index in [9.17, 15) is 14.3 Å². The molecule has 1 atom stereocenters. The van der Waals surface area contributed by atoms with Crippen molar-refractivity contribution in [1.29, 1.82) is 0 Å². The van der Waals surface area contributed by atoms with Gasteiger partial charge in [0.15, 0.2) is 0 Å². The normalized spacial score (nSPS) is 11.8. The van der Waals surface area contributed by atoms with E-state index in [0.717, 1.165) is 24.2 Å². The lowest BCUT2D eigenvalue weighted by Gasteiger charge is -2.22. The molecule has 40 heavy (non-hydrogen) atoms. The van der Waals surface area contributed by atoms with E-state index in [0.29, 0.717) is 40.4 Å². The number of aromatic nitrogens is 1. The number of pyridine rings is 1. The number of carbonyl (C=O) groups is 1. The van der Waals surface area contributed by atoms with Crippen LogP contribution in [0.25, 0.3) is 15.7 Å². The van der Waals surface area contributed by atoms with E-state index in [4.69, 9.17) is 16.0 Å². The molecule has 3 aromatic carbocycles. The second-order valence-corrected chi connectivity index (χ2v) is 9.47. The minimum atomic E-state index is -0.682. The highest BCUT2D eigenvalue weighted by Crippen LogP contribution is 2.37. The van der Waals surface area contributed by atoms with Crippen molar-refractivity contribution in [3.05, 3.63) is 101 Å². The molecule has 0 aliphatic carbocycles. The number of hydrogen-bond donors (Lipinski definition) is 1. The van der Waals surface area contributed by atoms with Crippen LogP contribution in [0.3, 0.4) is 0 Å². The van der Waals surface area contributed by atoms with Crippen molar-refractivity contribution in [2.24, 2.45) is 0 Å². The van der Waals surface area contributed by atoms with E-state index in [-0.39, 0.29) is 31.0 Å². The number of Topliss-reactive ketones (excluding diaryl/α,β-unsaturated/α-hetero) is 1. The lowest BCUT2D eigenvalue weighted by Crippen LogP contribution is -2.35. The van der Waals surface area contributed by atoms with Crippen molar-refractivity contribution < 1.29 is 23.8 Å². The molecule has 4 rings (SSSR count). The lowest BCUT2D eigenvalue weighted by atomic mass is 10.0. The van der Waals surface area contributed by atoms with Crippen LogP contribution in [0.15, 0.2) is 72.9 Å². The van der Waals surface area contributed by atoms with Gasteiger partial charge < -0.3 is 19.5 Å². The summed E-state index contributed by atoms with van der Waals surface area (Å²) in [5, 5.41) is 11.0. The zero-order valence-electron chi connectivity index (χ0n) is 22.6. The molecule has 0 radical (unpaired) electrons. The first-order valence-corrected chi connectivity index (χ1v) is 13.2. The minimum absolute atomic E-state index is 0.0330. The highest BCUT2D eigenvalue weighted by Gasteiger charge is 2.15. The number of carbonyl (C=O) groups excluding carboxylic acids is 1. The quantitative estimate of drug-likeness (QED) is 0.205. The average molecular weight is 542 g/mol. The monoisotopic (exact) mass is 541 g/mol. The molecule has 0 bridgehead atoms. The molecule has 0 aliphatic rings. The molecule has 4 aromatic rings. The summed E-state index contributed by atoms with van der Waals surface area (Å²) in [6.45, 7) is 13.9. The van der Waals surface area contributed by atoms with Crippen LogP contribution in [0, 0.1) is 12.4 Å². The van der Waals surface area contributed by atoms with Gasteiger partial charge in [-0.15, -0.1) is 0 Å². The number of aliphatic hydroxyl groups excluding tert-OH is 1. The number of hydrogen-bond acceptors (Lipinski definition) is 6. The fourth-order valence-corrected chi connectivity index (χ4v) is 4.37. The predicted molar refractivity (Wildman–Crippen MR) is 153 cm³/mol. The van der Waals surface area contributed by atoms with Gasteiger partial charge in [0.05, 0.1) is 12.1 Å². The van der Waals surface area contributed by atoms with Crippen molar-refractivity contribution in [2.75, 3.05) is 26.2 Å². The largest absolute Gasteiger partial charge is 0.502 e. The Bertz CT molecular complexity index is 1480. The second kappa shape index (κ2) is 13.7. The van der Waals surface area contributed by atoms with Gasteiger partial charge in [-0.3, -0.25) is 9.78 Å². The summed E-state index contributed by atoms with van der Waals surface area (Å²) in [7, 11) is 0. The van der Waals surface area contributed by atoms with Crippen LogP contribution >= 0.6 is 0 Å². The smallest absolute Gasteiger partial charge is 0.229 e. The SMILES string of the molecule is [C-]#[N+]c1cc2c(Oc3ccc(CC(=O)Cc4ccc(F)cc4)cc3)ccnc2cc1OC[C@H](O)CN(CC)CC. The average Bonchev–Trinajstić information content (AvgIpc) is 2.96. The first kappa shape index (κ1) is 28.7. The highest BCUT2D eigenvalue weighted by atomic mass is 19.1. The van der Waals surface area contributed by atoms with Crippen LogP contribution < -0.4 is 9.47 Å². The maximum atomic E-state index is 13.1. The first-order valence-electron chi connectivity index (χ1n) is 13.2. The van der Waals surface area contributed by atoms with E-state index in [1.54, 1.807) is 48.7 Å². The molecule has 0 spiro atoms. The Labute approximate surface area is 233 Å². The van der Waals surface area contributed by atoms with E-state index in [1.807, 2.05) is 26.0 Å². The van der Waals surface area contributed by atoms with Crippen LogP contribution in [0.5, 0.6) is 17.2 Å². The molecule has 0 aliphatic heterocycles. The Morgan fingerprint density at radius 3 is 2.27 bits per heavy atom. The molecule has 0 unspecified atom stereocenters. The van der Waals surface area contributed by atoms with Crippen LogP contribution in [-0.4, -0.2) is 53.1 Å². The van der Waals surface area contributed by atoms with Crippen molar-refractivity contribution in [3.8, 4) is 17.2 Å². The summed E-state index contributed by atoms with van der Waals surface area (Å²) >= 11 is 0. The van der Waals surface area contributed by atoms with Gasteiger partial charge in [0.25, 0.3) is 0 Å². The van der Waals surface area contributed by atoms with E-state index in [2.05, 4.69) is 14.7 Å². The summed E-state index contributed by atoms with van der Waals surface area (Å²) in [4.78, 5) is 22.6. The topological polar surface area (TPSA) is 76.2 Å². The first-order chi connectivity index (χ1) is 19.4. The molecular weight excluding hydrogens is 509 g/mol. The Balaban J connectivity index is 1.43. The molecule has 8 heteroatoms. The molecule has 0 fully saturated rings. The lowest BCUT2D eigenvalue weighted by molar-refractivity contribution is -0.117. The minimum Gasteiger partial charge on any atom is -0.502 e. The van der Waals surface area contributed by atoms with Gasteiger partial charge in [-0.25, -0.2) is 9.24 Å². The number of nitrogens with zero attached hydrogens (tertiary/aromatic N) is 3. The Hall–Kier alpha value is -4.32. The van der Waals surface area contributed by atoms with E-state index < -0.39 is 6.10 Å².